The maximum Gasteiger partial charge on any atom is 0.230 e. The molecule has 2 N–H and O–H groups in total. The van der Waals surface area contributed by atoms with E-state index < -0.39 is 17.8 Å². The summed E-state index contributed by atoms with van der Waals surface area (Å²) in [6.45, 7) is 3.48. The van der Waals surface area contributed by atoms with Gasteiger partial charge in [-0.05, 0) is 32.0 Å². The second-order valence-corrected chi connectivity index (χ2v) is 6.25. The van der Waals surface area contributed by atoms with Crippen LogP contribution in [0.25, 0.3) is 22.0 Å². The van der Waals surface area contributed by atoms with Crippen LogP contribution in [0, 0.1) is 0 Å². The van der Waals surface area contributed by atoms with E-state index in [0.717, 1.165) is 0 Å². The first-order valence-corrected chi connectivity index (χ1v) is 7.37. The first-order valence-electron chi connectivity index (χ1n) is 7.37. The summed E-state index contributed by atoms with van der Waals surface area (Å²) in [7, 11) is 1.55. The smallest absolute Gasteiger partial charge is 0.230 e. The number of aliphatic hydroxyl groups is 2. The molecule has 0 radical (unpaired) electrons. The first-order chi connectivity index (χ1) is 10.9. The third-order valence-electron chi connectivity index (χ3n) is 4.41. The number of benzene rings is 1. The van der Waals surface area contributed by atoms with Gasteiger partial charge in [-0.1, -0.05) is 0 Å². The SMILES string of the molecule is COc1c2ccoc2nc2ccc3c(c12)[C@@H](O)[C@@H](O)C(C)(C)O3. The quantitative estimate of drug-likeness (QED) is 0.718. The minimum atomic E-state index is -1.10. The number of fused-ring (bicyclic) bond motifs is 4. The predicted molar refractivity (Wildman–Crippen MR) is 83.7 cm³/mol. The highest BCUT2D eigenvalue weighted by Crippen LogP contribution is 2.47. The molecule has 0 spiro atoms. The second-order valence-electron chi connectivity index (χ2n) is 6.25. The molecule has 0 aliphatic carbocycles. The topological polar surface area (TPSA) is 85.0 Å². The van der Waals surface area contributed by atoms with Gasteiger partial charge in [-0.3, -0.25) is 0 Å². The van der Waals surface area contributed by atoms with Crippen molar-refractivity contribution >= 4 is 22.0 Å². The van der Waals surface area contributed by atoms with Crippen LogP contribution in [0.3, 0.4) is 0 Å². The number of nitrogens with zero attached hydrogens (tertiary/aromatic N) is 1. The number of methoxy groups -OCH3 is 1. The highest BCUT2D eigenvalue weighted by molar-refractivity contribution is 6.02. The summed E-state index contributed by atoms with van der Waals surface area (Å²) in [5, 5.41) is 22.4. The molecule has 2 atom stereocenters. The van der Waals surface area contributed by atoms with Crippen LogP contribution in [0.2, 0.25) is 0 Å². The lowest BCUT2D eigenvalue weighted by Crippen LogP contribution is -2.48. The van der Waals surface area contributed by atoms with E-state index in [9.17, 15) is 10.2 Å². The summed E-state index contributed by atoms with van der Waals surface area (Å²) in [5.74, 6) is 1.06. The van der Waals surface area contributed by atoms with Gasteiger partial charge in [0.15, 0.2) is 0 Å². The van der Waals surface area contributed by atoms with E-state index in [2.05, 4.69) is 4.98 Å². The van der Waals surface area contributed by atoms with E-state index in [1.54, 1.807) is 39.2 Å². The molecule has 3 aromatic rings. The molecule has 120 valence electrons. The first kappa shape index (κ1) is 14.3. The molecule has 4 rings (SSSR count). The molecule has 1 aliphatic rings. The zero-order valence-electron chi connectivity index (χ0n) is 13.0. The van der Waals surface area contributed by atoms with Crippen molar-refractivity contribution in [3.63, 3.8) is 0 Å². The van der Waals surface area contributed by atoms with Crippen LogP contribution >= 0.6 is 0 Å². The molecule has 0 saturated carbocycles. The molecule has 0 unspecified atom stereocenters. The molecule has 0 fully saturated rings. The number of ether oxygens (including phenoxy) is 2. The number of rotatable bonds is 1. The Morgan fingerprint density at radius 1 is 1.22 bits per heavy atom. The van der Waals surface area contributed by atoms with Crippen LogP contribution in [0.4, 0.5) is 0 Å². The Labute approximate surface area is 132 Å². The molecule has 6 heteroatoms. The molecular weight excluding hydrogens is 298 g/mol. The van der Waals surface area contributed by atoms with Gasteiger partial charge in [0.05, 0.1) is 29.7 Å². The van der Waals surface area contributed by atoms with E-state index in [1.807, 2.05) is 0 Å². The molecule has 3 heterocycles. The standard InChI is InChI=1S/C17H17NO5/c1-17(2)15(20)13(19)12-10(23-17)5-4-9-11(12)14(21-3)8-6-7-22-16(8)18-9/h4-7,13,15,19-20H,1-3H3/t13-,15-/m1/s1. The Bertz CT molecular complexity index is 914. The normalized spacial score (nSPS) is 22.8. The third-order valence-corrected chi connectivity index (χ3v) is 4.41. The highest BCUT2D eigenvalue weighted by atomic mass is 16.5. The number of pyridine rings is 1. The summed E-state index contributed by atoms with van der Waals surface area (Å²) in [6, 6.07) is 5.30. The second kappa shape index (κ2) is 4.59. The number of aliphatic hydroxyl groups excluding tert-OH is 2. The van der Waals surface area contributed by atoms with Crippen molar-refractivity contribution in [2.24, 2.45) is 0 Å². The Balaban J connectivity index is 2.13. The molecule has 23 heavy (non-hydrogen) atoms. The van der Waals surface area contributed by atoms with Gasteiger partial charge in [0.25, 0.3) is 0 Å². The fourth-order valence-corrected chi connectivity index (χ4v) is 3.20. The Hall–Kier alpha value is -2.31. The molecule has 1 aliphatic heterocycles. The van der Waals surface area contributed by atoms with Crippen LogP contribution in [0.1, 0.15) is 25.5 Å². The molecule has 0 saturated heterocycles. The maximum absolute atomic E-state index is 10.7. The van der Waals surface area contributed by atoms with Crippen molar-refractivity contribution in [1.29, 1.82) is 0 Å². The number of hydrogen-bond acceptors (Lipinski definition) is 6. The summed E-state index contributed by atoms with van der Waals surface area (Å²) in [4.78, 5) is 4.46. The van der Waals surface area contributed by atoms with Crippen LogP contribution < -0.4 is 9.47 Å². The highest BCUT2D eigenvalue weighted by Gasteiger charge is 2.43. The minimum Gasteiger partial charge on any atom is -0.495 e. The van der Waals surface area contributed by atoms with Gasteiger partial charge in [-0.2, -0.15) is 0 Å². The van der Waals surface area contributed by atoms with E-state index in [1.165, 1.54) is 6.26 Å². The van der Waals surface area contributed by atoms with E-state index in [4.69, 9.17) is 13.9 Å². The van der Waals surface area contributed by atoms with Crippen molar-refractivity contribution in [3.05, 3.63) is 30.0 Å². The molecular formula is C17H17NO5. The number of aromatic nitrogens is 1. The summed E-state index contributed by atoms with van der Waals surface area (Å²) < 4.78 is 16.8. The fraction of sp³-hybridized carbons (Fsp3) is 0.353. The van der Waals surface area contributed by atoms with Gasteiger partial charge < -0.3 is 24.1 Å². The van der Waals surface area contributed by atoms with Crippen LogP contribution in [-0.2, 0) is 0 Å². The van der Waals surface area contributed by atoms with Crippen molar-refractivity contribution in [1.82, 2.24) is 4.98 Å². The van der Waals surface area contributed by atoms with Gasteiger partial charge in [0.1, 0.15) is 29.3 Å². The molecule has 2 aromatic heterocycles. The largest absolute Gasteiger partial charge is 0.495 e. The van der Waals surface area contributed by atoms with E-state index in [0.29, 0.717) is 39.1 Å². The number of hydrogen-bond donors (Lipinski definition) is 2. The summed E-state index contributed by atoms with van der Waals surface area (Å²) in [5.41, 5.74) is 0.668. The lowest BCUT2D eigenvalue weighted by atomic mass is 9.86. The zero-order valence-corrected chi connectivity index (χ0v) is 13.0. The van der Waals surface area contributed by atoms with Crippen molar-refractivity contribution in [2.75, 3.05) is 7.11 Å². The Kier molecular flexibility index (Phi) is 2.86. The predicted octanol–water partition coefficient (Wildman–Crippen LogP) is 2.55. The lowest BCUT2D eigenvalue weighted by Gasteiger charge is -2.40. The lowest BCUT2D eigenvalue weighted by molar-refractivity contribution is -0.111. The maximum atomic E-state index is 10.7. The van der Waals surface area contributed by atoms with Gasteiger partial charge in [-0.15, -0.1) is 0 Å². The van der Waals surface area contributed by atoms with E-state index >= 15 is 0 Å². The monoisotopic (exact) mass is 315 g/mol. The average Bonchev–Trinajstić information content (AvgIpc) is 2.97. The van der Waals surface area contributed by atoms with Gasteiger partial charge in [-0.25, -0.2) is 4.98 Å². The number of furan rings is 1. The van der Waals surface area contributed by atoms with Gasteiger partial charge in [0.2, 0.25) is 5.71 Å². The third kappa shape index (κ3) is 1.85. The van der Waals surface area contributed by atoms with Crippen molar-refractivity contribution in [3.8, 4) is 11.5 Å². The van der Waals surface area contributed by atoms with Crippen LogP contribution in [0.5, 0.6) is 11.5 Å². The molecule has 6 nitrogen and oxygen atoms in total. The fourth-order valence-electron chi connectivity index (χ4n) is 3.20. The Morgan fingerprint density at radius 2 is 2.00 bits per heavy atom. The van der Waals surface area contributed by atoms with Crippen molar-refractivity contribution < 1.29 is 24.1 Å². The molecule has 0 bridgehead atoms. The van der Waals surface area contributed by atoms with Crippen LogP contribution in [0.15, 0.2) is 28.9 Å². The van der Waals surface area contributed by atoms with Gasteiger partial charge >= 0.3 is 0 Å². The Morgan fingerprint density at radius 3 is 2.74 bits per heavy atom. The summed E-state index contributed by atoms with van der Waals surface area (Å²) >= 11 is 0. The van der Waals surface area contributed by atoms with Crippen LogP contribution in [-0.4, -0.2) is 34.0 Å². The van der Waals surface area contributed by atoms with Crippen molar-refractivity contribution in [2.45, 2.75) is 31.7 Å². The molecule has 1 aromatic carbocycles. The van der Waals surface area contributed by atoms with Gasteiger partial charge in [0, 0.05) is 5.56 Å². The van der Waals surface area contributed by atoms with E-state index in [-0.39, 0.29) is 0 Å². The summed E-state index contributed by atoms with van der Waals surface area (Å²) in [6.07, 6.45) is -0.626. The zero-order chi connectivity index (χ0) is 16.4. The average molecular weight is 315 g/mol. The molecule has 0 amide bonds. The minimum absolute atomic E-state index is 0.460.